The number of carbonyl (C=O) groups excluding carboxylic acids is 1. The van der Waals surface area contributed by atoms with Gasteiger partial charge in [0.1, 0.15) is 6.61 Å². The molecule has 1 aromatic heterocycles. The van der Waals surface area contributed by atoms with Gasteiger partial charge in [-0.05, 0) is 30.5 Å². The van der Waals surface area contributed by atoms with Gasteiger partial charge in [0, 0.05) is 37.3 Å². The van der Waals surface area contributed by atoms with Crippen LogP contribution in [0.3, 0.4) is 0 Å². The Labute approximate surface area is 166 Å². The number of hydrogen-bond donors (Lipinski definition) is 2. The fraction of sp³-hybridized carbons (Fsp3) is 0.400. The number of para-hydroxylation sites is 2. The Morgan fingerprint density at radius 2 is 1.93 bits per heavy atom. The van der Waals surface area contributed by atoms with Gasteiger partial charge in [0.15, 0.2) is 11.5 Å². The Balaban J connectivity index is 1.37. The van der Waals surface area contributed by atoms with Gasteiger partial charge < -0.3 is 24.1 Å². The van der Waals surface area contributed by atoms with Crippen LogP contribution in [0.1, 0.15) is 18.0 Å². The maximum Gasteiger partial charge on any atom is 0.315 e. The molecule has 4 heterocycles. The third kappa shape index (κ3) is 3.07. The van der Waals surface area contributed by atoms with Crippen LogP contribution >= 0.6 is 0 Å². The minimum atomic E-state index is -1.22. The van der Waals surface area contributed by atoms with Crippen LogP contribution in [-0.2, 0) is 11.3 Å². The topological polar surface area (TPSA) is 108 Å². The van der Waals surface area contributed by atoms with E-state index in [-0.39, 0.29) is 30.0 Å². The van der Waals surface area contributed by atoms with Crippen molar-refractivity contribution in [3.63, 3.8) is 0 Å². The van der Waals surface area contributed by atoms with Crippen molar-refractivity contribution in [2.45, 2.75) is 25.0 Å². The molecular formula is C20H21N3O6. The van der Waals surface area contributed by atoms with Crippen molar-refractivity contribution in [2.75, 3.05) is 19.7 Å². The third-order valence-corrected chi connectivity index (χ3v) is 5.93. The lowest BCUT2D eigenvalue weighted by Gasteiger charge is -2.43. The minimum absolute atomic E-state index is 0.00112. The van der Waals surface area contributed by atoms with E-state index in [0.717, 1.165) is 12.1 Å². The Bertz CT molecular complexity index is 1020. The molecule has 9 heteroatoms. The van der Waals surface area contributed by atoms with Gasteiger partial charge in [0.2, 0.25) is 11.8 Å². The molecule has 2 aromatic rings. The highest BCUT2D eigenvalue weighted by Crippen LogP contribution is 2.36. The minimum Gasteiger partial charge on any atom is -0.595 e. The molecule has 4 atom stereocenters. The summed E-state index contributed by atoms with van der Waals surface area (Å²) in [6, 6.07) is 10.3. The van der Waals surface area contributed by atoms with E-state index in [0.29, 0.717) is 31.1 Å². The van der Waals surface area contributed by atoms with Gasteiger partial charge in [-0.2, -0.15) is 5.23 Å². The SMILES string of the molecule is O=C(C1COc2ccccc2O1)N1CC2CC(C1)c1ccc([NH+]([O-])O)c(=O)n1C2. The predicted molar refractivity (Wildman–Crippen MR) is 100 cm³/mol. The lowest BCUT2D eigenvalue weighted by atomic mass is 9.83. The second-order valence-corrected chi connectivity index (χ2v) is 7.80. The fourth-order valence-electron chi connectivity index (χ4n) is 4.63. The molecule has 2 bridgehead atoms. The summed E-state index contributed by atoms with van der Waals surface area (Å²) >= 11 is 0. The average Bonchev–Trinajstić information content (AvgIpc) is 2.73. The molecule has 29 heavy (non-hydrogen) atoms. The second-order valence-electron chi connectivity index (χ2n) is 7.80. The maximum absolute atomic E-state index is 13.1. The molecule has 152 valence electrons. The zero-order chi connectivity index (χ0) is 20.1. The molecule has 5 rings (SSSR count). The molecular weight excluding hydrogens is 378 g/mol. The Morgan fingerprint density at radius 3 is 2.72 bits per heavy atom. The first-order valence-corrected chi connectivity index (χ1v) is 9.65. The zero-order valence-electron chi connectivity index (χ0n) is 15.6. The van der Waals surface area contributed by atoms with Crippen molar-refractivity contribution < 1.29 is 24.7 Å². The predicted octanol–water partition coefficient (Wildman–Crippen LogP) is 0.0374. The number of aromatic nitrogens is 1. The molecule has 0 radical (unpaired) electrons. The molecule has 9 nitrogen and oxygen atoms in total. The number of amides is 1. The number of carbonyl (C=O) groups is 1. The first-order chi connectivity index (χ1) is 14.0. The summed E-state index contributed by atoms with van der Waals surface area (Å²) in [5.74, 6) is 1.18. The van der Waals surface area contributed by atoms with Gasteiger partial charge >= 0.3 is 5.56 Å². The summed E-state index contributed by atoms with van der Waals surface area (Å²) in [6.45, 7) is 1.57. The van der Waals surface area contributed by atoms with Crippen molar-refractivity contribution in [2.24, 2.45) is 5.92 Å². The molecule has 1 fully saturated rings. The maximum atomic E-state index is 13.1. The number of rotatable bonds is 2. The van der Waals surface area contributed by atoms with Gasteiger partial charge in [-0.15, -0.1) is 0 Å². The molecule has 0 aliphatic carbocycles. The fourth-order valence-corrected chi connectivity index (χ4v) is 4.63. The molecule has 0 saturated carbocycles. The van der Waals surface area contributed by atoms with E-state index < -0.39 is 16.9 Å². The van der Waals surface area contributed by atoms with Gasteiger partial charge in [-0.25, -0.2) is 5.21 Å². The summed E-state index contributed by atoms with van der Waals surface area (Å²) in [5.41, 5.74) is 0.109. The Hall–Kier alpha value is -2.88. The van der Waals surface area contributed by atoms with Gasteiger partial charge in [0.05, 0.1) is 0 Å². The van der Waals surface area contributed by atoms with E-state index in [4.69, 9.17) is 9.47 Å². The van der Waals surface area contributed by atoms with E-state index in [1.807, 2.05) is 12.1 Å². The number of benzene rings is 1. The number of nitrogens with one attached hydrogen (secondary N) is 1. The first kappa shape index (κ1) is 18.2. The summed E-state index contributed by atoms with van der Waals surface area (Å²) < 4.78 is 13.1. The molecule has 3 aliphatic heterocycles. The number of pyridine rings is 1. The second kappa shape index (κ2) is 6.87. The Morgan fingerprint density at radius 1 is 1.14 bits per heavy atom. The van der Waals surface area contributed by atoms with E-state index in [1.54, 1.807) is 27.7 Å². The molecule has 3 aliphatic rings. The van der Waals surface area contributed by atoms with Crippen LogP contribution in [-0.4, -0.2) is 46.4 Å². The monoisotopic (exact) mass is 399 g/mol. The lowest BCUT2D eigenvalue weighted by molar-refractivity contribution is -0.992. The number of hydrogen-bond acceptors (Lipinski definition) is 6. The van der Waals surface area contributed by atoms with Crippen molar-refractivity contribution in [1.82, 2.24) is 9.47 Å². The summed E-state index contributed by atoms with van der Waals surface area (Å²) in [7, 11) is 0. The normalized spacial score (nSPS) is 25.9. The molecule has 4 unspecified atom stereocenters. The molecule has 1 saturated heterocycles. The molecule has 1 amide bonds. The smallest absolute Gasteiger partial charge is 0.315 e. The van der Waals surface area contributed by atoms with Crippen LogP contribution in [0.25, 0.3) is 0 Å². The van der Waals surface area contributed by atoms with Gasteiger partial charge in [0.25, 0.3) is 5.91 Å². The number of ether oxygens (including phenoxy) is 2. The summed E-state index contributed by atoms with van der Waals surface area (Å²) in [4.78, 5) is 27.4. The van der Waals surface area contributed by atoms with Crippen LogP contribution in [0.5, 0.6) is 11.5 Å². The molecule has 2 N–H and O–H groups in total. The van der Waals surface area contributed by atoms with Crippen LogP contribution < -0.4 is 20.3 Å². The van der Waals surface area contributed by atoms with Crippen LogP contribution in [0.2, 0.25) is 0 Å². The van der Waals surface area contributed by atoms with Crippen LogP contribution in [0.15, 0.2) is 41.2 Å². The summed E-state index contributed by atoms with van der Waals surface area (Å²) in [5, 5.41) is 19.3. The highest BCUT2D eigenvalue weighted by molar-refractivity contribution is 5.82. The van der Waals surface area contributed by atoms with E-state index in [9.17, 15) is 20.0 Å². The number of piperidine rings is 1. The highest BCUT2D eigenvalue weighted by Gasteiger charge is 2.40. The quantitative estimate of drug-likeness (QED) is 0.691. The van der Waals surface area contributed by atoms with Crippen molar-refractivity contribution in [1.29, 1.82) is 0 Å². The standard InChI is InChI=1S/C20H21N3O6/c24-19-15(23(26)27)6-5-14-13-7-12(9-22(14)19)8-21(10-13)20(25)18-11-28-16-3-1-2-4-17(16)29-18/h1-6,12-13,18,23,26H,7-11H2. The van der Waals surface area contributed by atoms with Crippen LogP contribution in [0.4, 0.5) is 5.69 Å². The highest BCUT2D eigenvalue weighted by atomic mass is 16.8. The summed E-state index contributed by atoms with van der Waals surface area (Å²) in [6.07, 6.45) is 0.181. The van der Waals surface area contributed by atoms with Crippen molar-refractivity contribution in [3.8, 4) is 11.5 Å². The van der Waals surface area contributed by atoms with Gasteiger partial charge in [-0.3, -0.25) is 9.59 Å². The molecule has 0 spiro atoms. The van der Waals surface area contributed by atoms with E-state index in [2.05, 4.69) is 0 Å². The van der Waals surface area contributed by atoms with Crippen molar-refractivity contribution in [3.05, 3.63) is 57.7 Å². The third-order valence-electron chi connectivity index (χ3n) is 5.93. The van der Waals surface area contributed by atoms with E-state index in [1.165, 1.54) is 6.07 Å². The number of quaternary nitrogens is 1. The largest absolute Gasteiger partial charge is 0.595 e. The van der Waals surface area contributed by atoms with Crippen LogP contribution in [0, 0.1) is 11.1 Å². The number of fused-ring (bicyclic) bond motifs is 5. The lowest BCUT2D eigenvalue weighted by Crippen LogP contribution is -3.00. The number of nitrogens with zero attached hydrogens (tertiary/aromatic N) is 2. The number of likely N-dealkylation sites (tertiary alicyclic amines) is 1. The zero-order valence-corrected chi connectivity index (χ0v) is 15.6. The van der Waals surface area contributed by atoms with Crippen molar-refractivity contribution >= 4 is 11.6 Å². The Kier molecular flexibility index (Phi) is 4.30. The van der Waals surface area contributed by atoms with E-state index >= 15 is 0 Å². The van der Waals surface area contributed by atoms with Gasteiger partial charge in [-0.1, -0.05) is 12.1 Å². The average molecular weight is 399 g/mol. The first-order valence-electron chi connectivity index (χ1n) is 9.65. The molecule has 1 aromatic carbocycles.